The molecule has 3 unspecified atom stereocenters. The van der Waals surface area contributed by atoms with E-state index in [2.05, 4.69) is 19.2 Å². The van der Waals surface area contributed by atoms with Crippen molar-refractivity contribution in [1.29, 1.82) is 0 Å². The number of hydrogen-bond acceptors (Lipinski definition) is 2. The van der Waals surface area contributed by atoms with Gasteiger partial charge in [0.25, 0.3) is 0 Å². The van der Waals surface area contributed by atoms with Crippen LogP contribution in [-0.2, 0) is 4.74 Å². The molecule has 2 saturated carbocycles. The summed E-state index contributed by atoms with van der Waals surface area (Å²) in [5, 5.41) is 3.70. The molecule has 0 aromatic heterocycles. The fourth-order valence-electron chi connectivity index (χ4n) is 4.35. The second kappa shape index (κ2) is 6.91. The van der Waals surface area contributed by atoms with Crippen LogP contribution in [0.5, 0.6) is 0 Å². The molecule has 0 aromatic carbocycles. The summed E-state index contributed by atoms with van der Waals surface area (Å²) < 4.78 is 5.52. The van der Waals surface area contributed by atoms with Gasteiger partial charge >= 0.3 is 0 Å². The van der Waals surface area contributed by atoms with E-state index in [4.69, 9.17) is 4.74 Å². The summed E-state index contributed by atoms with van der Waals surface area (Å²) in [7, 11) is 0. The maximum absolute atomic E-state index is 5.52. The van der Waals surface area contributed by atoms with Gasteiger partial charge in [-0.3, -0.25) is 0 Å². The van der Waals surface area contributed by atoms with E-state index in [1.807, 2.05) is 0 Å². The van der Waals surface area contributed by atoms with Gasteiger partial charge in [0.2, 0.25) is 0 Å². The first-order chi connectivity index (χ1) is 8.80. The van der Waals surface area contributed by atoms with Gasteiger partial charge in [-0.1, -0.05) is 13.3 Å². The average molecular weight is 253 g/mol. The van der Waals surface area contributed by atoms with Gasteiger partial charge in [-0.05, 0) is 69.2 Å². The first-order valence-electron chi connectivity index (χ1n) is 8.09. The Balaban J connectivity index is 1.82. The Kier molecular flexibility index (Phi) is 5.50. The van der Waals surface area contributed by atoms with Crippen molar-refractivity contribution < 1.29 is 4.74 Å². The molecule has 0 radical (unpaired) electrons. The number of rotatable bonds is 9. The highest BCUT2D eigenvalue weighted by molar-refractivity contribution is 5.01. The van der Waals surface area contributed by atoms with E-state index in [-0.39, 0.29) is 0 Å². The average Bonchev–Trinajstić information content (AvgIpc) is 2.96. The first kappa shape index (κ1) is 14.3. The van der Waals surface area contributed by atoms with Crippen LogP contribution in [0.1, 0.15) is 58.8 Å². The standard InChI is InChI=1S/C16H31NO/c1-3-9-17-13-16(8-5-10-18-4-2)12-14-6-7-15(16)11-14/h14-15,17H,3-13H2,1-2H3. The Labute approximate surface area is 113 Å². The fourth-order valence-corrected chi connectivity index (χ4v) is 4.35. The molecule has 2 nitrogen and oxygen atoms in total. The van der Waals surface area contributed by atoms with Crippen LogP contribution >= 0.6 is 0 Å². The second-order valence-corrected chi connectivity index (χ2v) is 6.42. The molecule has 2 fully saturated rings. The molecule has 2 rings (SSSR count). The van der Waals surface area contributed by atoms with Crippen LogP contribution in [-0.4, -0.2) is 26.3 Å². The molecule has 106 valence electrons. The van der Waals surface area contributed by atoms with E-state index >= 15 is 0 Å². The lowest BCUT2D eigenvalue weighted by atomic mass is 9.70. The molecule has 0 saturated heterocycles. The monoisotopic (exact) mass is 253 g/mol. The summed E-state index contributed by atoms with van der Waals surface area (Å²) in [6, 6.07) is 0. The fraction of sp³-hybridized carbons (Fsp3) is 1.00. The van der Waals surface area contributed by atoms with Crippen LogP contribution in [0.3, 0.4) is 0 Å². The molecule has 0 aliphatic heterocycles. The Morgan fingerprint density at radius 2 is 2.17 bits per heavy atom. The lowest BCUT2D eigenvalue weighted by Gasteiger charge is -2.38. The normalized spacial score (nSPS) is 34.3. The van der Waals surface area contributed by atoms with E-state index in [9.17, 15) is 0 Å². The SMILES string of the molecule is CCCNCC1(CCCOCC)CC2CCC1C2. The summed E-state index contributed by atoms with van der Waals surface area (Å²) in [5.41, 5.74) is 0.620. The third kappa shape index (κ3) is 3.27. The highest BCUT2D eigenvalue weighted by Gasteiger charge is 2.49. The summed E-state index contributed by atoms with van der Waals surface area (Å²) >= 11 is 0. The molecule has 0 amide bonds. The zero-order valence-corrected chi connectivity index (χ0v) is 12.3. The number of nitrogens with one attached hydrogen (secondary N) is 1. The number of hydrogen-bond donors (Lipinski definition) is 1. The zero-order valence-electron chi connectivity index (χ0n) is 12.3. The minimum Gasteiger partial charge on any atom is -0.382 e. The van der Waals surface area contributed by atoms with E-state index in [1.165, 1.54) is 58.0 Å². The molecule has 1 N–H and O–H groups in total. The van der Waals surface area contributed by atoms with Crippen molar-refractivity contribution in [3.05, 3.63) is 0 Å². The van der Waals surface area contributed by atoms with Crippen LogP contribution in [0, 0.1) is 17.3 Å². The summed E-state index contributed by atoms with van der Waals surface area (Å²) in [6.07, 6.45) is 9.89. The molecule has 2 bridgehead atoms. The van der Waals surface area contributed by atoms with Gasteiger partial charge in [0, 0.05) is 19.8 Å². The third-order valence-electron chi connectivity index (χ3n) is 5.17. The van der Waals surface area contributed by atoms with Crippen LogP contribution in [0.4, 0.5) is 0 Å². The number of ether oxygens (including phenoxy) is 1. The van der Waals surface area contributed by atoms with E-state index < -0.39 is 0 Å². The van der Waals surface area contributed by atoms with Crippen LogP contribution in [0.25, 0.3) is 0 Å². The Hall–Kier alpha value is -0.0800. The Bertz CT molecular complexity index is 243. The quantitative estimate of drug-likeness (QED) is 0.634. The van der Waals surface area contributed by atoms with Crippen molar-refractivity contribution in [2.24, 2.45) is 17.3 Å². The highest BCUT2D eigenvalue weighted by Crippen LogP contribution is 2.57. The zero-order chi connectivity index (χ0) is 12.8. The predicted molar refractivity (Wildman–Crippen MR) is 76.8 cm³/mol. The second-order valence-electron chi connectivity index (χ2n) is 6.42. The van der Waals surface area contributed by atoms with E-state index in [0.717, 1.165) is 25.0 Å². The number of fused-ring (bicyclic) bond motifs is 2. The first-order valence-corrected chi connectivity index (χ1v) is 8.09. The largest absolute Gasteiger partial charge is 0.382 e. The van der Waals surface area contributed by atoms with Crippen molar-refractivity contribution in [3.8, 4) is 0 Å². The van der Waals surface area contributed by atoms with Gasteiger partial charge in [0.05, 0.1) is 0 Å². The molecule has 18 heavy (non-hydrogen) atoms. The maximum atomic E-state index is 5.52. The summed E-state index contributed by atoms with van der Waals surface area (Å²) in [5.74, 6) is 2.05. The molecule has 2 aliphatic rings. The predicted octanol–water partition coefficient (Wildman–Crippen LogP) is 3.61. The molecule has 3 atom stereocenters. The van der Waals surface area contributed by atoms with Crippen LogP contribution < -0.4 is 5.32 Å². The summed E-state index contributed by atoms with van der Waals surface area (Å²) in [4.78, 5) is 0. The highest BCUT2D eigenvalue weighted by atomic mass is 16.5. The topological polar surface area (TPSA) is 21.3 Å². The van der Waals surface area contributed by atoms with Crippen molar-refractivity contribution >= 4 is 0 Å². The van der Waals surface area contributed by atoms with Crippen molar-refractivity contribution in [1.82, 2.24) is 5.32 Å². The molecule has 0 heterocycles. The van der Waals surface area contributed by atoms with E-state index in [1.54, 1.807) is 0 Å². The third-order valence-corrected chi connectivity index (χ3v) is 5.17. The van der Waals surface area contributed by atoms with Gasteiger partial charge in [0.15, 0.2) is 0 Å². The Morgan fingerprint density at radius 1 is 1.28 bits per heavy atom. The lowest BCUT2D eigenvalue weighted by Crippen LogP contribution is -2.39. The minimum absolute atomic E-state index is 0.620. The molecular formula is C16H31NO. The molecule has 2 aliphatic carbocycles. The van der Waals surface area contributed by atoms with E-state index in [0.29, 0.717) is 5.41 Å². The van der Waals surface area contributed by atoms with Crippen LogP contribution in [0.15, 0.2) is 0 Å². The maximum Gasteiger partial charge on any atom is 0.0466 e. The van der Waals surface area contributed by atoms with Gasteiger partial charge in [-0.2, -0.15) is 0 Å². The van der Waals surface area contributed by atoms with Crippen molar-refractivity contribution in [2.45, 2.75) is 58.8 Å². The molecule has 2 heteroatoms. The van der Waals surface area contributed by atoms with Gasteiger partial charge in [-0.15, -0.1) is 0 Å². The van der Waals surface area contributed by atoms with Gasteiger partial charge in [0.1, 0.15) is 0 Å². The molecule has 0 aromatic rings. The van der Waals surface area contributed by atoms with Gasteiger partial charge < -0.3 is 10.1 Å². The molecular weight excluding hydrogens is 222 g/mol. The van der Waals surface area contributed by atoms with Gasteiger partial charge in [-0.25, -0.2) is 0 Å². The van der Waals surface area contributed by atoms with Crippen molar-refractivity contribution in [2.75, 3.05) is 26.3 Å². The van der Waals surface area contributed by atoms with Crippen LogP contribution in [0.2, 0.25) is 0 Å². The lowest BCUT2D eigenvalue weighted by molar-refractivity contribution is 0.0989. The summed E-state index contributed by atoms with van der Waals surface area (Å²) in [6.45, 7) is 8.63. The Morgan fingerprint density at radius 3 is 2.78 bits per heavy atom. The molecule has 0 spiro atoms. The minimum atomic E-state index is 0.620. The van der Waals surface area contributed by atoms with Crippen molar-refractivity contribution in [3.63, 3.8) is 0 Å². The smallest absolute Gasteiger partial charge is 0.0466 e.